The maximum Gasteiger partial charge on any atom is 0.0867 e. The van der Waals surface area contributed by atoms with Crippen LogP contribution in [0.3, 0.4) is 0 Å². The summed E-state index contributed by atoms with van der Waals surface area (Å²) < 4.78 is 0. The minimum atomic E-state index is -0.134. The first kappa shape index (κ1) is 7.62. The smallest absolute Gasteiger partial charge is 0.0867 e. The number of hydrazine groups is 1. The average Bonchev–Trinajstić information content (AvgIpc) is 1.65. The van der Waals surface area contributed by atoms with Crippen molar-refractivity contribution in [2.75, 3.05) is 14.1 Å². The summed E-state index contributed by atoms with van der Waals surface area (Å²) >= 11 is 0. The van der Waals surface area contributed by atoms with Gasteiger partial charge in [0.25, 0.3) is 0 Å². The third-order valence-corrected chi connectivity index (χ3v) is 0.661. The monoisotopic (exact) mass is 115 g/mol. The number of rotatable bonds is 3. The molecule has 3 N–H and O–H groups in total. The van der Waals surface area contributed by atoms with Gasteiger partial charge in [0.1, 0.15) is 0 Å². The molecule has 0 saturated heterocycles. The zero-order valence-corrected chi connectivity index (χ0v) is 5.39. The predicted octanol–water partition coefficient (Wildman–Crippen LogP) is -0.477. The van der Waals surface area contributed by atoms with Gasteiger partial charge in [-0.1, -0.05) is 6.08 Å². The zero-order chi connectivity index (χ0) is 6.57. The van der Waals surface area contributed by atoms with E-state index in [1.165, 1.54) is 0 Å². The second-order valence-electron chi connectivity index (χ2n) is 1.79. The van der Waals surface area contributed by atoms with E-state index >= 15 is 0 Å². The molecule has 0 aromatic heterocycles. The second kappa shape index (κ2) is 3.60. The van der Waals surface area contributed by atoms with Crippen LogP contribution in [-0.2, 0) is 0 Å². The van der Waals surface area contributed by atoms with Crippen molar-refractivity contribution in [1.29, 1.82) is 0 Å². The van der Waals surface area contributed by atoms with Crippen LogP contribution in [0.5, 0.6) is 0 Å². The highest BCUT2D eigenvalue weighted by Gasteiger charge is 1.92. The number of nitrogens with two attached hydrogens (primary N) is 1. The SMILES string of the molecule is C=CC(N)NN(C)C. The molecule has 3 heteroatoms. The fraction of sp³-hybridized carbons (Fsp3) is 0.600. The minimum absolute atomic E-state index is 0.134. The third-order valence-electron chi connectivity index (χ3n) is 0.661. The van der Waals surface area contributed by atoms with Crippen LogP contribution >= 0.6 is 0 Å². The fourth-order valence-corrected chi connectivity index (χ4v) is 0.351. The summed E-state index contributed by atoms with van der Waals surface area (Å²) in [7, 11) is 3.76. The Morgan fingerprint density at radius 2 is 2.25 bits per heavy atom. The molecule has 0 rings (SSSR count). The molecule has 48 valence electrons. The predicted molar refractivity (Wildman–Crippen MR) is 35.0 cm³/mol. The van der Waals surface area contributed by atoms with Crippen molar-refractivity contribution in [3.63, 3.8) is 0 Å². The van der Waals surface area contributed by atoms with E-state index in [1.54, 1.807) is 11.1 Å². The first-order valence-electron chi connectivity index (χ1n) is 2.48. The molecule has 0 amide bonds. The molecule has 0 spiro atoms. The molecule has 0 saturated carbocycles. The van der Waals surface area contributed by atoms with Crippen molar-refractivity contribution in [2.24, 2.45) is 5.73 Å². The normalized spacial score (nSPS) is 14.0. The number of hydrogen-bond donors (Lipinski definition) is 2. The lowest BCUT2D eigenvalue weighted by Gasteiger charge is -2.14. The molecule has 1 unspecified atom stereocenters. The van der Waals surface area contributed by atoms with E-state index < -0.39 is 0 Å². The average molecular weight is 115 g/mol. The van der Waals surface area contributed by atoms with Gasteiger partial charge in [-0.05, 0) is 0 Å². The molecular weight excluding hydrogens is 102 g/mol. The van der Waals surface area contributed by atoms with Gasteiger partial charge in [0.2, 0.25) is 0 Å². The first-order chi connectivity index (χ1) is 3.66. The number of nitrogens with zero attached hydrogens (tertiary/aromatic N) is 1. The topological polar surface area (TPSA) is 41.3 Å². The van der Waals surface area contributed by atoms with Gasteiger partial charge in [-0.15, -0.1) is 6.58 Å². The van der Waals surface area contributed by atoms with Gasteiger partial charge >= 0.3 is 0 Å². The fourth-order valence-electron chi connectivity index (χ4n) is 0.351. The van der Waals surface area contributed by atoms with Crippen LogP contribution in [0.2, 0.25) is 0 Å². The Morgan fingerprint density at radius 3 is 2.38 bits per heavy atom. The molecule has 1 atom stereocenters. The summed E-state index contributed by atoms with van der Waals surface area (Å²) in [6, 6.07) is 0. The summed E-state index contributed by atoms with van der Waals surface area (Å²) in [6.45, 7) is 3.50. The Bertz CT molecular complexity index is 70.1. The molecular formula is C5H13N3. The Hall–Kier alpha value is -0.380. The van der Waals surface area contributed by atoms with Crippen LogP contribution in [0.1, 0.15) is 0 Å². The van der Waals surface area contributed by atoms with Crippen LogP contribution < -0.4 is 11.2 Å². The van der Waals surface area contributed by atoms with Crippen LogP contribution in [0, 0.1) is 0 Å². The third kappa shape index (κ3) is 3.80. The standard InChI is InChI=1S/C5H13N3/c1-4-5(6)7-8(2)3/h4-5,7H,1,6H2,2-3H3. The van der Waals surface area contributed by atoms with E-state index in [0.29, 0.717) is 0 Å². The van der Waals surface area contributed by atoms with E-state index in [2.05, 4.69) is 12.0 Å². The van der Waals surface area contributed by atoms with Crippen LogP contribution in [-0.4, -0.2) is 25.3 Å². The van der Waals surface area contributed by atoms with Gasteiger partial charge in [-0.25, -0.2) is 10.4 Å². The van der Waals surface area contributed by atoms with Crippen molar-refractivity contribution in [3.8, 4) is 0 Å². The molecule has 0 bridgehead atoms. The molecule has 0 radical (unpaired) electrons. The minimum Gasteiger partial charge on any atom is -0.312 e. The van der Waals surface area contributed by atoms with Crippen molar-refractivity contribution in [1.82, 2.24) is 10.4 Å². The molecule has 3 nitrogen and oxygen atoms in total. The number of hydrogen-bond acceptors (Lipinski definition) is 3. The summed E-state index contributed by atoms with van der Waals surface area (Å²) in [5.74, 6) is 0. The highest BCUT2D eigenvalue weighted by Crippen LogP contribution is 1.71. The lowest BCUT2D eigenvalue weighted by atomic mass is 10.5. The van der Waals surface area contributed by atoms with Gasteiger partial charge in [-0.2, -0.15) is 0 Å². The zero-order valence-electron chi connectivity index (χ0n) is 5.39. The van der Waals surface area contributed by atoms with E-state index in [4.69, 9.17) is 5.73 Å². The summed E-state index contributed by atoms with van der Waals surface area (Å²) in [5.41, 5.74) is 8.29. The van der Waals surface area contributed by atoms with Gasteiger partial charge in [-0.3, -0.25) is 0 Å². The summed E-state index contributed by atoms with van der Waals surface area (Å²) in [6.07, 6.45) is 1.50. The van der Waals surface area contributed by atoms with E-state index in [1.807, 2.05) is 14.1 Å². The highest BCUT2D eigenvalue weighted by atomic mass is 15.5. The quantitative estimate of drug-likeness (QED) is 0.296. The lowest BCUT2D eigenvalue weighted by Crippen LogP contribution is -2.43. The van der Waals surface area contributed by atoms with Crippen molar-refractivity contribution in [3.05, 3.63) is 12.7 Å². The molecule has 0 heterocycles. The Labute approximate surface area is 50.1 Å². The molecule has 0 aliphatic carbocycles. The molecule has 0 aliphatic heterocycles. The summed E-state index contributed by atoms with van der Waals surface area (Å²) in [5, 5.41) is 1.78. The van der Waals surface area contributed by atoms with Crippen molar-refractivity contribution in [2.45, 2.75) is 6.17 Å². The molecule has 0 aromatic carbocycles. The lowest BCUT2D eigenvalue weighted by molar-refractivity contribution is 0.266. The van der Waals surface area contributed by atoms with Gasteiger partial charge in [0.05, 0.1) is 6.17 Å². The summed E-state index contributed by atoms with van der Waals surface area (Å²) in [4.78, 5) is 0. The van der Waals surface area contributed by atoms with Gasteiger partial charge in [0, 0.05) is 14.1 Å². The Morgan fingerprint density at radius 1 is 1.75 bits per heavy atom. The van der Waals surface area contributed by atoms with Crippen LogP contribution in [0.4, 0.5) is 0 Å². The largest absolute Gasteiger partial charge is 0.312 e. The number of nitrogens with one attached hydrogen (secondary N) is 1. The molecule has 0 aliphatic rings. The first-order valence-corrected chi connectivity index (χ1v) is 2.48. The van der Waals surface area contributed by atoms with Crippen molar-refractivity contribution >= 4 is 0 Å². The van der Waals surface area contributed by atoms with Gasteiger partial charge in [0.15, 0.2) is 0 Å². The molecule has 0 fully saturated rings. The van der Waals surface area contributed by atoms with Crippen LogP contribution in [0.25, 0.3) is 0 Å². The Kier molecular flexibility index (Phi) is 3.43. The van der Waals surface area contributed by atoms with Crippen molar-refractivity contribution < 1.29 is 0 Å². The van der Waals surface area contributed by atoms with Crippen LogP contribution in [0.15, 0.2) is 12.7 Å². The Balaban J connectivity index is 3.23. The van der Waals surface area contributed by atoms with Gasteiger partial charge < -0.3 is 5.73 Å². The maximum absolute atomic E-state index is 5.40. The van der Waals surface area contributed by atoms with E-state index in [-0.39, 0.29) is 6.17 Å². The van der Waals surface area contributed by atoms with E-state index in [9.17, 15) is 0 Å². The maximum atomic E-state index is 5.40. The van der Waals surface area contributed by atoms with E-state index in [0.717, 1.165) is 0 Å². The second-order valence-corrected chi connectivity index (χ2v) is 1.79. The molecule has 8 heavy (non-hydrogen) atoms. The molecule has 0 aromatic rings. The highest BCUT2D eigenvalue weighted by molar-refractivity contribution is 4.77.